The van der Waals surface area contributed by atoms with Crippen LogP contribution in [0.1, 0.15) is 46.1 Å². The molecule has 0 bridgehead atoms. The summed E-state index contributed by atoms with van der Waals surface area (Å²) in [7, 11) is 3.17. The number of primary amides is 1. The number of rotatable bonds is 10. The first kappa shape index (κ1) is 31.3. The van der Waals surface area contributed by atoms with Crippen LogP contribution in [0.15, 0.2) is 79.1 Å². The van der Waals surface area contributed by atoms with Gasteiger partial charge in [0.15, 0.2) is 5.82 Å². The van der Waals surface area contributed by atoms with Gasteiger partial charge < -0.3 is 30.2 Å². The third-order valence-electron chi connectivity index (χ3n) is 8.28. The smallest absolute Gasteiger partial charge is 0.410 e. The number of carbonyl (C=O) groups is 2. The molecule has 1 atom stereocenters. The number of piperidine rings is 1. The van der Waals surface area contributed by atoms with E-state index in [1.807, 2.05) is 46.9 Å². The Hall–Kier alpha value is -5.65. The van der Waals surface area contributed by atoms with E-state index in [1.165, 1.54) is 12.1 Å². The van der Waals surface area contributed by atoms with E-state index in [4.69, 9.17) is 24.9 Å². The molecular formula is C35H35FN6O5. The fraction of sp³-hybridized carbons (Fsp3) is 0.257. The minimum atomic E-state index is -0.732. The summed E-state index contributed by atoms with van der Waals surface area (Å²) < 4.78 is 34.0. The van der Waals surface area contributed by atoms with Crippen molar-refractivity contribution in [1.29, 1.82) is 0 Å². The summed E-state index contributed by atoms with van der Waals surface area (Å²) in [5.41, 5.74) is 8.30. The number of nitrogens with one attached hydrogen (secondary N) is 1. The number of nitrogens with two attached hydrogens (primary N) is 1. The Morgan fingerprint density at radius 3 is 2.64 bits per heavy atom. The minimum absolute atomic E-state index is 0.0509. The fourth-order valence-electron chi connectivity index (χ4n) is 5.87. The number of methoxy groups -OCH3 is 2. The molecular weight excluding hydrogens is 603 g/mol. The Labute approximate surface area is 271 Å². The second-order valence-corrected chi connectivity index (χ2v) is 11.2. The largest absolute Gasteiger partial charge is 0.497 e. The summed E-state index contributed by atoms with van der Waals surface area (Å²) in [6.45, 7) is 1.45. The molecule has 12 heteroatoms. The average molecular weight is 639 g/mol. The zero-order chi connectivity index (χ0) is 32.9. The van der Waals surface area contributed by atoms with Crippen molar-refractivity contribution in [1.82, 2.24) is 19.3 Å². The van der Waals surface area contributed by atoms with Gasteiger partial charge in [0.25, 0.3) is 0 Å². The topological polar surface area (TPSA) is 133 Å². The van der Waals surface area contributed by atoms with Crippen LogP contribution in [-0.4, -0.2) is 58.6 Å². The Morgan fingerprint density at radius 1 is 1.06 bits per heavy atom. The quantitative estimate of drug-likeness (QED) is 0.197. The summed E-state index contributed by atoms with van der Waals surface area (Å²) in [6, 6.07) is 19.1. The van der Waals surface area contributed by atoms with Crippen molar-refractivity contribution in [2.75, 3.05) is 32.6 Å². The molecule has 1 unspecified atom stereocenters. The Morgan fingerprint density at radius 2 is 1.89 bits per heavy atom. The van der Waals surface area contributed by atoms with Crippen molar-refractivity contribution in [3.8, 4) is 22.8 Å². The van der Waals surface area contributed by atoms with Gasteiger partial charge >= 0.3 is 6.09 Å². The number of ether oxygens (including phenoxy) is 3. The van der Waals surface area contributed by atoms with Crippen molar-refractivity contribution in [3.63, 3.8) is 0 Å². The first-order valence-electron chi connectivity index (χ1n) is 15.2. The number of hydrogen-bond donors (Lipinski definition) is 2. The lowest BCUT2D eigenvalue weighted by Gasteiger charge is -2.31. The number of anilines is 1. The van der Waals surface area contributed by atoms with E-state index in [-0.39, 0.29) is 23.7 Å². The van der Waals surface area contributed by atoms with Gasteiger partial charge in [-0.25, -0.2) is 19.2 Å². The molecule has 0 saturated carbocycles. The summed E-state index contributed by atoms with van der Waals surface area (Å²) in [6.07, 6.45) is 4.53. The van der Waals surface area contributed by atoms with Gasteiger partial charge in [-0.05, 0) is 48.7 Å². The van der Waals surface area contributed by atoms with E-state index in [0.29, 0.717) is 54.0 Å². The summed E-state index contributed by atoms with van der Waals surface area (Å²) in [5, 5.41) is 3.38. The standard InChI is InChI=1S/C35H35FN6O5/c1-45-26-12-10-24(29(18-26)46-2)19-39-33-31-30(27-13-11-23(32(37)43)17-28(27)36)40-34(42(31)16-14-38-33)25-9-6-15-41(20-25)35(44)47-21-22-7-4-3-5-8-22/h3-5,7-8,10-14,16-18,25H,6,9,15,19-21H2,1-2H3,(H2,37,43)(H,38,39). The van der Waals surface area contributed by atoms with Crippen molar-refractivity contribution < 1.29 is 28.2 Å². The number of halogens is 1. The van der Waals surface area contributed by atoms with Crippen LogP contribution in [0.25, 0.3) is 16.8 Å². The predicted octanol–water partition coefficient (Wildman–Crippen LogP) is 5.78. The lowest BCUT2D eigenvalue weighted by molar-refractivity contribution is 0.0852. The maximum absolute atomic E-state index is 15.6. The number of hydrogen-bond acceptors (Lipinski definition) is 8. The van der Waals surface area contributed by atoms with E-state index < -0.39 is 17.8 Å². The van der Waals surface area contributed by atoms with Crippen LogP contribution in [-0.2, 0) is 17.9 Å². The number of likely N-dealkylation sites (tertiary alicyclic amines) is 1. The van der Waals surface area contributed by atoms with E-state index in [1.54, 1.807) is 37.6 Å². The second-order valence-electron chi connectivity index (χ2n) is 11.2. The van der Waals surface area contributed by atoms with E-state index >= 15 is 4.39 Å². The lowest BCUT2D eigenvalue weighted by Crippen LogP contribution is -2.39. The molecule has 2 aromatic heterocycles. The van der Waals surface area contributed by atoms with Gasteiger partial charge in [-0.2, -0.15) is 0 Å². The van der Waals surface area contributed by atoms with Crippen LogP contribution in [0.4, 0.5) is 15.0 Å². The van der Waals surface area contributed by atoms with Crippen molar-refractivity contribution in [2.45, 2.75) is 31.9 Å². The van der Waals surface area contributed by atoms with Gasteiger partial charge in [-0.15, -0.1) is 0 Å². The lowest BCUT2D eigenvalue weighted by atomic mass is 9.97. The molecule has 3 heterocycles. The zero-order valence-corrected chi connectivity index (χ0v) is 26.1. The molecule has 0 radical (unpaired) electrons. The SMILES string of the molecule is COc1ccc(CNc2nccn3c(C4CCCN(C(=O)OCc5ccccc5)C4)nc(-c4ccc(C(N)=O)cc4F)c23)c(OC)c1. The normalized spacial score (nSPS) is 14.5. The molecule has 47 heavy (non-hydrogen) atoms. The third-order valence-corrected chi connectivity index (χ3v) is 8.28. The van der Waals surface area contributed by atoms with Gasteiger partial charge in [0.05, 0.1) is 14.2 Å². The number of carbonyl (C=O) groups excluding carboxylic acids is 2. The van der Waals surface area contributed by atoms with Crippen LogP contribution in [0.3, 0.4) is 0 Å². The van der Waals surface area contributed by atoms with E-state index in [0.717, 1.165) is 30.0 Å². The molecule has 5 aromatic rings. The molecule has 242 valence electrons. The van der Waals surface area contributed by atoms with Crippen LogP contribution in [0, 0.1) is 5.82 Å². The molecule has 0 aliphatic carbocycles. The minimum Gasteiger partial charge on any atom is -0.497 e. The first-order chi connectivity index (χ1) is 22.9. The molecule has 3 N–H and O–H groups in total. The fourth-order valence-corrected chi connectivity index (χ4v) is 5.87. The molecule has 1 aliphatic rings. The molecule has 6 rings (SSSR count). The highest BCUT2D eigenvalue weighted by Crippen LogP contribution is 2.36. The van der Waals surface area contributed by atoms with Gasteiger partial charge in [0.1, 0.15) is 41.0 Å². The van der Waals surface area contributed by atoms with Crippen LogP contribution >= 0.6 is 0 Å². The van der Waals surface area contributed by atoms with Crippen molar-refractivity contribution in [2.24, 2.45) is 5.73 Å². The average Bonchev–Trinajstić information content (AvgIpc) is 3.50. The highest BCUT2D eigenvalue weighted by atomic mass is 19.1. The van der Waals surface area contributed by atoms with Crippen LogP contribution in [0.5, 0.6) is 11.5 Å². The van der Waals surface area contributed by atoms with Crippen molar-refractivity contribution in [3.05, 3.63) is 107 Å². The van der Waals surface area contributed by atoms with Crippen molar-refractivity contribution >= 4 is 23.3 Å². The van der Waals surface area contributed by atoms with Gasteiger partial charge in [0, 0.05) is 60.7 Å². The molecule has 1 aliphatic heterocycles. The predicted molar refractivity (Wildman–Crippen MR) is 174 cm³/mol. The van der Waals surface area contributed by atoms with Crippen LogP contribution in [0.2, 0.25) is 0 Å². The van der Waals surface area contributed by atoms with Gasteiger partial charge in [-0.1, -0.05) is 30.3 Å². The van der Waals surface area contributed by atoms with Gasteiger partial charge in [-0.3, -0.25) is 9.20 Å². The molecule has 11 nitrogen and oxygen atoms in total. The number of fused-ring (bicyclic) bond motifs is 1. The number of amides is 2. The number of nitrogens with zero attached hydrogens (tertiary/aromatic N) is 4. The number of imidazole rings is 1. The number of aromatic nitrogens is 3. The van der Waals surface area contributed by atoms with Gasteiger partial charge in [0.2, 0.25) is 5.91 Å². The highest BCUT2D eigenvalue weighted by molar-refractivity contribution is 5.94. The summed E-state index contributed by atoms with van der Waals surface area (Å²) >= 11 is 0. The molecule has 2 amide bonds. The molecule has 1 saturated heterocycles. The Kier molecular flexibility index (Phi) is 9.18. The van der Waals surface area contributed by atoms with Crippen LogP contribution < -0.4 is 20.5 Å². The summed E-state index contributed by atoms with van der Waals surface area (Å²) in [4.78, 5) is 36.1. The molecule has 1 fully saturated rings. The molecule has 3 aromatic carbocycles. The maximum Gasteiger partial charge on any atom is 0.410 e. The Bertz CT molecular complexity index is 1910. The summed E-state index contributed by atoms with van der Waals surface area (Å²) in [5.74, 6) is 0.869. The second kappa shape index (κ2) is 13.8. The van der Waals surface area contributed by atoms with E-state index in [2.05, 4.69) is 10.3 Å². The number of benzene rings is 3. The Balaban J connectivity index is 1.35. The zero-order valence-electron chi connectivity index (χ0n) is 26.1. The first-order valence-corrected chi connectivity index (χ1v) is 15.2. The third kappa shape index (κ3) is 6.67. The monoisotopic (exact) mass is 638 g/mol. The molecule has 0 spiro atoms. The highest BCUT2D eigenvalue weighted by Gasteiger charge is 2.31. The van der Waals surface area contributed by atoms with E-state index in [9.17, 15) is 9.59 Å². The maximum atomic E-state index is 15.6.